The number of aromatic hydroxyl groups is 1. The van der Waals surface area contributed by atoms with Crippen LogP contribution in [0, 0.1) is 0 Å². The zero-order valence-corrected chi connectivity index (χ0v) is 12.2. The highest BCUT2D eigenvalue weighted by molar-refractivity contribution is 6.03. The molecule has 0 unspecified atom stereocenters. The fourth-order valence-corrected chi connectivity index (χ4v) is 2.85. The average Bonchev–Trinajstić information content (AvgIpc) is 2.50. The SMILES string of the molecule is CN1CCC(NC(=O)c2ccc3ccccc3c2O)CC1. The van der Waals surface area contributed by atoms with Crippen molar-refractivity contribution in [2.24, 2.45) is 0 Å². The Bertz CT molecular complexity index is 661. The molecule has 1 amide bonds. The van der Waals surface area contributed by atoms with E-state index >= 15 is 0 Å². The number of hydrogen-bond acceptors (Lipinski definition) is 3. The second kappa shape index (κ2) is 5.74. The zero-order valence-electron chi connectivity index (χ0n) is 12.2. The molecule has 0 radical (unpaired) electrons. The Morgan fingerprint density at radius 1 is 1.19 bits per heavy atom. The number of piperidine rings is 1. The Balaban J connectivity index is 1.80. The molecule has 21 heavy (non-hydrogen) atoms. The molecule has 4 heteroatoms. The fraction of sp³-hybridized carbons (Fsp3) is 0.353. The first-order valence-electron chi connectivity index (χ1n) is 7.35. The predicted molar refractivity (Wildman–Crippen MR) is 83.6 cm³/mol. The summed E-state index contributed by atoms with van der Waals surface area (Å²) in [7, 11) is 2.09. The van der Waals surface area contributed by atoms with E-state index in [2.05, 4.69) is 17.3 Å². The smallest absolute Gasteiger partial charge is 0.255 e. The number of fused-ring (bicyclic) bond motifs is 1. The van der Waals surface area contributed by atoms with Crippen LogP contribution < -0.4 is 5.32 Å². The highest BCUT2D eigenvalue weighted by Crippen LogP contribution is 2.28. The van der Waals surface area contributed by atoms with Gasteiger partial charge in [-0.1, -0.05) is 30.3 Å². The standard InChI is InChI=1S/C17H20N2O2/c1-19-10-8-13(9-11-19)18-17(21)15-7-6-12-4-2-3-5-14(12)16(15)20/h2-7,13,20H,8-11H2,1H3,(H,18,21). The molecule has 2 aromatic carbocycles. The molecule has 0 bridgehead atoms. The lowest BCUT2D eigenvalue weighted by atomic mass is 10.0. The minimum absolute atomic E-state index is 0.0681. The second-order valence-electron chi connectivity index (χ2n) is 5.73. The molecular weight excluding hydrogens is 264 g/mol. The number of amides is 1. The highest BCUT2D eigenvalue weighted by Gasteiger charge is 2.21. The van der Waals surface area contributed by atoms with Gasteiger partial charge in [0, 0.05) is 11.4 Å². The molecule has 0 aromatic heterocycles. The van der Waals surface area contributed by atoms with Crippen LogP contribution in [-0.2, 0) is 0 Å². The summed E-state index contributed by atoms with van der Waals surface area (Å²) >= 11 is 0. The van der Waals surface area contributed by atoms with E-state index in [1.165, 1.54) is 0 Å². The van der Waals surface area contributed by atoms with Crippen LogP contribution in [-0.4, -0.2) is 42.1 Å². The maximum absolute atomic E-state index is 12.4. The fourth-order valence-electron chi connectivity index (χ4n) is 2.85. The summed E-state index contributed by atoms with van der Waals surface area (Å²) in [6.45, 7) is 1.99. The van der Waals surface area contributed by atoms with Crippen LogP contribution in [0.4, 0.5) is 0 Å². The van der Waals surface area contributed by atoms with Gasteiger partial charge in [-0.2, -0.15) is 0 Å². The highest BCUT2D eigenvalue weighted by atomic mass is 16.3. The molecule has 0 aliphatic carbocycles. The van der Waals surface area contributed by atoms with Crippen LogP contribution in [0.5, 0.6) is 5.75 Å². The molecule has 1 aliphatic rings. The number of carbonyl (C=O) groups excluding carboxylic acids is 1. The van der Waals surface area contributed by atoms with E-state index < -0.39 is 0 Å². The van der Waals surface area contributed by atoms with Gasteiger partial charge in [0.05, 0.1) is 5.56 Å². The van der Waals surface area contributed by atoms with Gasteiger partial charge in [0.25, 0.3) is 5.91 Å². The molecule has 4 nitrogen and oxygen atoms in total. The summed E-state index contributed by atoms with van der Waals surface area (Å²) in [4.78, 5) is 14.6. The number of carbonyl (C=O) groups is 1. The van der Waals surface area contributed by atoms with Crippen molar-refractivity contribution in [1.82, 2.24) is 10.2 Å². The summed E-state index contributed by atoms with van der Waals surface area (Å²) in [6.07, 6.45) is 1.91. The largest absolute Gasteiger partial charge is 0.506 e. The first-order valence-corrected chi connectivity index (χ1v) is 7.35. The molecule has 0 atom stereocenters. The van der Waals surface area contributed by atoms with E-state index in [0.29, 0.717) is 10.9 Å². The summed E-state index contributed by atoms with van der Waals surface area (Å²) in [5.74, 6) is -0.119. The Morgan fingerprint density at radius 3 is 2.67 bits per heavy atom. The first kappa shape index (κ1) is 13.9. The van der Waals surface area contributed by atoms with Crippen LogP contribution in [0.2, 0.25) is 0 Å². The normalized spacial score (nSPS) is 17.0. The van der Waals surface area contributed by atoms with Crippen LogP contribution in [0.25, 0.3) is 10.8 Å². The second-order valence-corrected chi connectivity index (χ2v) is 5.73. The van der Waals surface area contributed by atoms with Gasteiger partial charge >= 0.3 is 0 Å². The third-order valence-electron chi connectivity index (χ3n) is 4.20. The Morgan fingerprint density at radius 2 is 1.90 bits per heavy atom. The molecule has 1 aliphatic heterocycles. The molecule has 1 saturated heterocycles. The minimum atomic E-state index is -0.187. The van der Waals surface area contributed by atoms with Crippen molar-refractivity contribution in [3.05, 3.63) is 42.0 Å². The van der Waals surface area contributed by atoms with Crippen molar-refractivity contribution in [3.63, 3.8) is 0 Å². The molecule has 0 spiro atoms. The monoisotopic (exact) mass is 284 g/mol. The first-order chi connectivity index (χ1) is 10.1. The van der Waals surface area contributed by atoms with Crippen molar-refractivity contribution in [2.75, 3.05) is 20.1 Å². The van der Waals surface area contributed by atoms with E-state index in [9.17, 15) is 9.90 Å². The lowest BCUT2D eigenvalue weighted by Crippen LogP contribution is -2.43. The molecule has 0 saturated carbocycles. The third-order valence-corrected chi connectivity index (χ3v) is 4.20. The van der Waals surface area contributed by atoms with Gasteiger partial charge in [0.1, 0.15) is 5.75 Å². The Kier molecular flexibility index (Phi) is 3.80. The van der Waals surface area contributed by atoms with Crippen molar-refractivity contribution < 1.29 is 9.90 Å². The number of nitrogens with zero attached hydrogens (tertiary/aromatic N) is 1. The van der Waals surface area contributed by atoms with Crippen molar-refractivity contribution in [1.29, 1.82) is 0 Å². The van der Waals surface area contributed by atoms with Gasteiger partial charge in [-0.15, -0.1) is 0 Å². The number of phenolic OH excluding ortho intramolecular Hbond substituents is 1. The number of likely N-dealkylation sites (tertiary alicyclic amines) is 1. The van der Waals surface area contributed by atoms with E-state index in [-0.39, 0.29) is 17.7 Å². The number of hydrogen-bond donors (Lipinski definition) is 2. The summed E-state index contributed by atoms with van der Waals surface area (Å²) in [5, 5.41) is 15.0. The van der Waals surface area contributed by atoms with Gasteiger partial charge < -0.3 is 15.3 Å². The average molecular weight is 284 g/mol. The third kappa shape index (κ3) is 2.85. The van der Waals surface area contributed by atoms with E-state index in [1.807, 2.05) is 30.3 Å². The lowest BCUT2D eigenvalue weighted by Gasteiger charge is -2.29. The number of benzene rings is 2. The van der Waals surface area contributed by atoms with Gasteiger partial charge in [0.15, 0.2) is 0 Å². The maximum Gasteiger partial charge on any atom is 0.255 e. The minimum Gasteiger partial charge on any atom is -0.506 e. The van der Waals surface area contributed by atoms with E-state index in [4.69, 9.17) is 0 Å². The molecular formula is C17H20N2O2. The van der Waals surface area contributed by atoms with Crippen molar-refractivity contribution in [3.8, 4) is 5.75 Å². The van der Waals surface area contributed by atoms with Crippen molar-refractivity contribution >= 4 is 16.7 Å². The van der Waals surface area contributed by atoms with Gasteiger partial charge in [-0.3, -0.25) is 4.79 Å². The summed E-state index contributed by atoms with van der Waals surface area (Å²) < 4.78 is 0. The molecule has 3 rings (SSSR count). The Hall–Kier alpha value is -2.07. The Labute approximate surface area is 124 Å². The molecule has 1 heterocycles. The number of nitrogens with one attached hydrogen (secondary N) is 1. The summed E-state index contributed by atoms with van der Waals surface area (Å²) in [5.41, 5.74) is 0.354. The summed E-state index contributed by atoms with van der Waals surface area (Å²) in [6, 6.07) is 11.3. The number of rotatable bonds is 2. The van der Waals surface area contributed by atoms with Gasteiger partial charge in [-0.25, -0.2) is 0 Å². The van der Waals surface area contributed by atoms with Gasteiger partial charge in [0.2, 0.25) is 0 Å². The van der Waals surface area contributed by atoms with Crippen molar-refractivity contribution in [2.45, 2.75) is 18.9 Å². The molecule has 110 valence electrons. The maximum atomic E-state index is 12.4. The molecule has 1 fully saturated rings. The topological polar surface area (TPSA) is 52.6 Å². The predicted octanol–water partition coefficient (Wildman–Crippen LogP) is 2.37. The zero-order chi connectivity index (χ0) is 14.8. The van der Waals surface area contributed by atoms with Crippen LogP contribution in [0.3, 0.4) is 0 Å². The molecule has 2 aromatic rings. The van der Waals surface area contributed by atoms with E-state index in [1.54, 1.807) is 6.07 Å². The van der Waals surface area contributed by atoms with E-state index in [0.717, 1.165) is 31.3 Å². The molecule has 2 N–H and O–H groups in total. The van der Waals surface area contributed by atoms with Gasteiger partial charge in [-0.05, 0) is 44.4 Å². The van der Waals surface area contributed by atoms with Crippen LogP contribution in [0.1, 0.15) is 23.2 Å². The van der Waals surface area contributed by atoms with Crippen LogP contribution >= 0.6 is 0 Å². The number of phenols is 1. The van der Waals surface area contributed by atoms with Crippen LogP contribution in [0.15, 0.2) is 36.4 Å². The lowest BCUT2D eigenvalue weighted by molar-refractivity contribution is 0.0914. The quantitative estimate of drug-likeness (QED) is 0.890.